The molecule has 41 heavy (non-hydrogen) atoms. The van der Waals surface area contributed by atoms with Gasteiger partial charge in [0, 0.05) is 34.7 Å². The van der Waals surface area contributed by atoms with Gasteiger partial charge in [0.1, 0.15) is 0 Å². The molecule has 0 N–H and O–H groups in total. The second kappa shape index (κ2) is 9.25. The van der Waals surface area contributed by atoms with Gasteiger partial charge in [-0.2, -0.15) is 5.26 Å². The van der Waals surface area contributed by atoms with E-state index in [9.17, 15) is 5.26 Å². The highest BCUT2D eigenvalue weighted by atomic mass is 15.2. The Balaban J connectivity index is 1.37. The Morgan fingerprint density at radius 2 is 1.41 bits per heavy atom. The number of hydrogen-bond acceptors (Lipinski definition) is 3. The number of para-hydroxylation sites is 1. The van der Waals surface area contributed by atoms with Crippen LogP contribution in [-0.2, 0) is 19.3 Å². The van der Waals surface area contributed by atoms with Crippen LogP contribution in [0, 0.1) is 18.3 Å². The molecule has 196 valence electrons. The SMILES string of the molecule is Cc1ccc(N(c2ccc(C#N)cc2)c2ccc3c4c2ccc2ccc(N5CCc6ccccc65)c(c24)CC3)cc1. The van der Waals surface area contributed by atoms with Gasteiger partial charge in [-0.05, 0) is 114 Å². The molecule has 0 amide bonds. The number of anilines is 5. The molecule has 0 saturated carbocycles. The zero-order valence-corrected chi connectivity index (χ0v) is 23.1. The van der Waals surface area contributed by atoms with E-state index in [-0.39, 0.29) is 0 Å². The molecule has 0 radical (unpaired) electrons. The Bertz CT molecular complexity index is 2010. The maximum atomic E-state index is 9.42. The number of aryl methyl sites for hydroxylation is 3. The zero-order chi connectivity index (χ0) is 27.5. The van der Waals surface area contributed by atoms with Crippen LogP contribution in [0.2, 0.25) is 0 Å². The van der Waals surface area contributed by atoms with Crippen molar-refractivity contribution in [3.05, 3.63) is 137 Å². The average Bonchev–Trinajstić information content (AvgIpc) is 3.45. The van der Waals surface area contributed by atoms with E-state index in [4.69, 9.17) is 0 Å². The summed E-state index contributed by atoms with van der Waals surface area (Å²) in [5, 5.41) is 14.8. The molecule has 2 aliphatic rings. The second-order valence-electron chi connectivity index (χ2n) is 11.3. The van der Waals surface area contributed by atoms with Crippen LogP contribution in [0.3, 0.4) is 0 Å². The molecular weight excluding hydrogens is 498 g/mol. The van der Waals surface area contributed by atoms with Crippen LogP contribution in [0.1, 0.15) is 27.8 Å². The lowest BCUT2D eigenvalue weighted by Crippen LogP contribution is -2.17. The molecule has 6 aromatic rings. The summed E-state index contributed by atoms with van der Waals surface area (Å²) in [5.41, 5.74) is 12.2. The quantitative estimate of drug-likeness (QED) is 0.214. The fourth-order valence-electron chi connectivity index (χ4n) is 6.94. The second-order valence-corrected chi connectivity index (χ2v) is 11.3. The smallest absolute Gasteiger partial charge is 0.0991 e. The maximum absolute atomic E-state index is 9.42. The molecule has 3 heteroatoms. The summed E-state index contributed by atoms with van der Waals surface area (Å²) in [5.74, 6) is 0. The minimum atomic E-state index is 0.666. The van der Waals surface area contributed by atoms with Crippen molar-refractivity contribution in [2.45, 2.75) is 26.2 Å². The molecule has 0 spiro atoms. The molecule has 6 aromatic carbocycles. The van der Waals surface area contributed by atoms with Crippen molar-refractivity contribution in [2.75, 3.05) is 16.3 Å². The summed E-state index contributed by atoms with van der Waals surface area (Å²) in [7, 11) is 0. The molecule has 3 nitrogen and oxygen atoms in total. The van der Waals surface area contributed by atoms with Gasteiger partial charge >= 0.3 is 0 Å². The molecule has 1 heterocycles. The highest BCUT2D eigenvalue weighted by molar-refractivity contribution is 6.17. The maximum Gasteiger partial charge on any atom is 0.0991 e. The van der Waals surface area contributed by atoms with Crippen molar-refractivity contribution >= 4 is 50.0 Å². The monoisotopic (exact) mass is 527 g/mol. The van der Waals surface area contributed by atoms with Gasteiger partial charge in [-0.1, -0.05) is 60.2 Å². The van der Waals surface area contributed by atoms with Gasteiger partial charge in [0.25, 0.3) is 0 Å². The van der Waals surface area contributed by atoms with Gasteiger partial charge < -0.3 is 9.80 Å². The standard InChI is InChI=1S/C38H29N3/c1-25-6-14-30(15-7-25)41(31-16-8-26(24-39)9-17-31)36-21-13-29-10-18-32-35(40-23-22-27-4-2-3-5-34(27)40)20-12-28-11-19-33(36)38(29)37(28)32/h2-9,11-17,19-21H,10,18,22-23H2,1H3. The summed E-state index contributed by atoms with van der Waals surface area (Å²) in [6.07, 6.45) is 3.18. The summed E-state index contributed by atoms with van der Waals surface area (Å²) in [6, 6.07) is 41.6. The van der Waals surface area contributed by atoms with E-state index in [1.165, 1.54) is 55.2 Å². The van der Waals surface area contributed by atoms with Crippen molar-refractivity contribution in [1.29, 1.82) is 5.26 Å². The number of fused-ring (bicyclic) bond motifs is 1. The molecule has 0 fully saturated rings. The zero-order valence-electron chi connectivity index (χ0n) is 23.1. The highest BCUT2D eigenvalue weighted by Crippen LogP contribution is 2.47. The summed E-state index contributed by atoms with van der Waals surface area (Å²) in [4.78, 5) is 4.87. The molecule has 0 saturated heterocycles. The Labute approximate surface area is 240 Å². The Morgan fingerprint density at radius 1 is 0.659 bits per heavy atom. The van der Waals surface area contributed by atoms with Crippen molar-refractivity contribution in [1.82, 2.24) is 0 Å². The fraction of sp³-hybridized carbons (Fsp3) is 0.132. The van der Waals surface area contributed by atoms with Crippen molar-refractivity contribution in [3.8, 4) is 6.07 Å². The number of nitrogens with zero attached hydrogens (tertiary/aromatic N) is 3. The predicted octanol–water partition coefficient (Wildman–Crippen LogP) is 9.44. The van der Waals surface area contributed by atoms with Crippen LogP contribution >= 0.6 is 0 Å². The number of benzene rings is 6. The van der Waals surface area contributed by atoms with E-state index >= 15 is 0 Å². The number of nitriles is 1. The first-order chi connectivity index (χ1) is 20.2. The molecule has 0 bridgehead atoms. The third-order valence-electron chi connectivity index (χ3n) is 8.92. The third-order valence-corrected chi connectivity index (χ3v) is 8.92. The molecule has 0 atom stereocenters. The first-order valence-electron chi connectivity index (χ1n) is 14.4. The lowest BCUT2D eigenvalue weighted by atomic mass is 9.84. The summed E-state index contributed by atoms with van der Waals surface area (Å²) in [6.45, 7) is 3.15. The van der Waals surface area contributed by atoms with E-state index in [1.54, 1.807) is 0 Å². The van der Waals surface area contributed by atoms with Gasteiger partial charge in [-0.3, -0.25) is 0 Å². The van der Waals surface area contributed by atoms with Crippen molar-refractivity contribution in [2.24, 2.45) is 0 Å². The molecule has 1 aliphatic carbocycles. The lowest BCUT2D eigenvalue weighted by Gasteiger charge is -2.30. The first kappa shape index (κ1) is 23.8. The molecular formula is C38H29N3. The fourth-order valence-corrected chi connectivity index (χ4v) is 6.94. The van der Waals surface area contributed by atoms with Crippen molar-refractivity contribution < 1.29 is 0 Å². The van der Waals surface area contributed by atoms with E-state index in [2.05, 4.69) is 120 Å². The van der Waals surface area contributed by atoms with Crippen molar-refractivity contribution in [3.63, 3.8) is 0 Å². The Kier molecular flexibility index (Phi) is 5.37. The number of hydrogen-bond donors (Lipinski definition) is 0. The third kappa shape index (κ3) is 3.72. The molecule has 8 rings (SSSR count). The summed E-state index contributed by atoms with van der Waals surface area (Å²) >= 11 is 0. The molecule has 0 unspecified atom stereocenters. The van der Waals surface area contributed by atoms with E-state index < -0.39 is 0 Å². The molecule has 1 aliphatic heterocycles. The van der Waals surface area contributed by atoms with Gasteiger partial charge in [-0.15, -0.1) is 0 Å². The van der Waals surface area contributed by atoms with Crippen LogP contribution < -0.4 is 9.80 Å². The van der Waals surface area contributed by atoms with Crippen LogP contribution in [0.5, 0.6) is 0 Å². The predicted molar refractivity (Wildman–Crippen MR) is 170 cm³/mol. The minimum Gasteiger partial charge on any atom is -0.341 e. The van der Waals surface area contributed by atoms with Gasteiger partial charge in [-0.25, -0.2) is 0 Å². The largest absolute Gasteiger partial charge is 0.341 e. The Hall–Kier alpha value is -5.07. The van der Waals surface area contributed by atoms with Crippen LogP contribution in [0.4, 0.5) is 28.4 Å². The van der Waals surface area contributed by atoms with E-state index in [0.29, 0.717) is 5.56 Å². The lowest BCUT2D eigenvalue weighted by molar-refractivity contribution is 0.939. The van der Waals surface area contributed by atoms with E-state index in [0.717, 1.165) is 42.9 Å². The molecule has 0 aromatic heterocycles. The summed E-state index contributed by atoms with van der Waals surface area (Å²) < 4.78 is 0. The van der Waals surface area contributed by atoms with Crippen LogP contribution in [0.25, 0.3) is 21.5 Å². The van der Waals surface area contributed by atoms with Gasteiger partial charge in [0.05, 0.1) is 17.3 Å². The van der Waals surface area contributed by atoms with Gasteiger partial charge in [0.15, 0.2) is 0 Å². The Morgan fingerprint density at radius 3 is 2.22 bits per heavy atom. The van der Waals surface area contributed by atoms with Gasteiger partial charge in [0.2, 0.25) is 0 Å². The normalized spacial score (nSPS) is 13.5. The van der Waals surface area contributed by atoms with Crippen LogP contribution in [0.15, 0.2) is 109 Å². The van der Waals surface area contributed by atoms with E-state index in [1.807, 2.05) is 12.1 Å². The number of rotatable bonds is 4. The minimum absolute atomic E-state index is 0.666. The highest BCUT2D eigenvalue weighted by Gasteiger charge is 2.27. The topological polar surface area (TPSA) is 30.3 Å². The average molecular weight is 528 g/mol. The van der Waals surface area contributed by atoms with Crippen LogP contribution in [-0.4, -0.2) is 6.54 Å². The first-order valence-corrected chi connectivity index (χ1v) is 14.4.